The lowest BCUT2D eigenvalue weighted by Gasteiger charge is -2.16. The first-order valence-electron chi connectivity index (χ1n) is 6.50. The van der Waals surface area contributed by atoms with Crippen LogP contribution in [0.15, 0.2) is 36.4 Å². The Balaban J connectivity index is 2.12. The van der Waals surface area contributed by atoms with Crippen molar-refractivity contribution in [3.8, 4) is 11.4 Å². The molecule has 2 heterocycles. The first kappa shape index (κ1) is 13.8. The van der Waals surface area contributed by atoms with Crippen molar-refractivity contribution in [2.75, 3.05) is 25.1 Å². The van der Waals surface area contributed by atoms with Crippen LogP contribution in [0.2, 0.25) is 5.02 Å². The maximum atomic E-state index is 9.02. The molecule has 0 fully saturated rings. The lowest BCUT2D eigenvalue weighted by atomic mass is 10.2. The molecule has 1 aromatic carbocycles. The molecule has 0 aliphatic rings. The quantitative estimate of drug-likeness (QED) is 0.797. The van der Waals surface area contributed by atoms with Crippen LogP contribution in [0.3, 0.4) is 0 Å². The van der Waals surface area contributed by atoms with E-state index < -0.39 is 0 Å². The van der Waals surface area contributed by atoms with Gasteiger partial charge in [0.15, 0.2) is 11.5 Å². The van der Waals surface area contributed by atoms with Crippen molar-refractivity contribution in [2.45, 2.75) is 0 Å². The first-order chi connectivity index (χ1) is 10.2. The van der Waals surface area contributed by atoms with Crippen LogP contribution in [0.1, 0.15) is 0 Å². The fraction of sp³-hybridized carbons (Fsp3) is 0.214. The van der Waals surface area contributed by atoms with Gasteiger partial charge in [0.25, 0.3) is 0 Å². The van der Waals surface area contributed by atoms with Crippen molar-refractivity contribution in [2.24, 2.45) is 0 Å². The summed E-state index contributed by atoms with van der Waals surface area (Å²) in [4.78, 5) is 1.86. The van der Waals surface area contributed by atoms with Gasteiger partial charge >= 0.3 is 0 Å². The topological polar surface area (TPSA) is 66.5 Å². The molecule has 0 aliphatic heterocycles. The van der Waals surface area contributed by atoms with Crippen LogP contribution in [-0.4, -0.2) is 45.1 Å². The van der Waals surface area contributed by atoms with Gasteiger partial charge in [0.1, 0.15) is 5.82 Å². The van der Waals surface area contributed by atoms with Gasteiger partial charge in [0.05, 0.1) is 11.6 Å². The number of rotatable bonds is 4. The van der Waals surface area contributed by atoms with Crippen LogP contribution < -0.4 is 4.90 Å². The molecular weight excluding hydrogens is 290 g/mol. The summed E-state index contributed by atoms with van der Waals surface area (Å²) >= 11 is 6.22. The third kappa shape index (κ3) is 2.55. The smallest absolute Gasteiger partial charge is 0.186 e. The maximum absolute atomic E-state index is 9.02. The van der Waals surface area contributed by atoms with Crippen molar-refractivity contribution < 1.29 is 5.11 Å². The maximum Gasteiger partial charge on any atom is 0.186 e. The number of benzene rings is 1. The number of anilines is 1. The third-order valence-corrected chi connectivity index (χ3v) is 3.52. The van der Waals surface area contributed by atoms with E-state index in [0.29, 0.717) is 23.0 Å². The predicted molar refractivity (Wildman–Crippen MR) is 81.6 cm³/mol. The van der Waals surface area contributed by atoms with Crippen molar-refractivity contribution >= 4 is 23.1 Å². The van der Waals surface area contributed by atoms with Crippen molar-refractivity contribution in [3.63, 3.8) is 0 Å². The first-order valence-corrected chi connectivity index (χ1v) is 6.88. The summed E-state index contributed by atoms with van der Waals surface area (Å²) in [6.07, 6.45) is 0. The van der Waals surface area contributed by atoms with Crippen molar-refractivity contribution in [1.82, 2.24) is 19.8 Å². The average Bonchev–Trinajstić information content (AvgIpc) is 2.91. The minimum absolute atomic E-state index is 0.0652. The number of fused-ring (bicyclic) bond motifs is 1. The summed E-state index contributed by atoms with van der Waals surface area (Å²) < 4.78 is 1.66. The zero-order chi connectivity index (χ0) is 14.8. The van der Waals surface area contributed by atoms with Gasteiger partial charge in [-0.1, -0.05) is 23.7 Å². The number of nitrogens with zero attached hydrogens (tertiary/aromatic N) is 5. The number of aromatic nitrogens is 4. The molecule has 21 heavy (non-hydrogen) atoms. The number of hydrogen-bond donors (Lipinski definition) is 1. The summed E-state index contributed by atoms with van der Waals surface area (Å²) in [6, 6.07) is 11.1. The standard InChI is InChI=1S/C14H14ClN5O/c1-19(8-9-21)13-7-6-12-16-17-14(20(12)18-13)10-4-2-3-5-11(10)15/h2-7,21H,8-9H2,1H3. The Labute approximate surface area is 126 Å². The molecule has 1 N–H and O–H groups in total. The average molecular weight is 304 g/mol. The number of aliphatic hydroxyl groups excluding tert-OH is 1. The van der Waals surface area contributed by atoms with Crippen LogP contribution in [0.25, 0.3) is 17.0 Å². The van der Waals surface area contributed by atoms with Crippen molar-refractivity contribution in [3.05, 3.63) is 41.4 Å². The molecule has 0 saturated carbocycles. The van der Waals surface area contributed by atoms with E-state index >= 15 is 0 Å². The highest BCUT2D eigenvalue weighted by atomic mass is 35.5. The lowest BCUT2D eigenvalue weighted by molar-refractivity contribution is 0.303. The van der Waals surface area contributed by atoms with Gasteiger partial charge in [-0.25, -0.2) is 0 Å². The fourth-order valence-corrected chi connectivity index (χ4v) is 2.28. The Kier molecular flexibility index (Phi) is 3.72. The highest BCUT2D eigenvalue weighted by molar-refractivity contribution is 6.33. The second-order valence-corrected chi connectivity index (χ2v) is 5.02. The highest BCUT2D eigenvalue weighted by Gasteiger charge is 2.13. The Morgan fingerprint density at radius 2 is 2.00 bits per heavy atom. The number of likely N-dealkylation sites (N-methyl/N-ethyl adjacent to an activating group) is 1. The van der Waals surface area contributed by atoms with E-state index in [2.05, 4.69) is 15.3 Å². The van der Waals surface area contributed by atoms with E-state index in [1.165, 1.54) is 0 Å². The van der Waals surface area contributed by atoms with Crippen LogP contribution in [0.4, 0.5) is 5.82 Å². The van der Waals surface area contributed by atoms with E-state index in [9.17, 15) is 0 Å². The van der Waals surface area contributed by atoms with Crippen LogP contribution in [-0.2, 0) is 0 Å². The largest absolute Gasteiger partial charge is 0.395 e. The normalized spacial score (nSPS) is 11.0. The van der Waals surface area contributed by atoms with Gasteiger partial charge in [-0.05, 0) is 24.3 Å². The van der Waals surface area contributed by atoms with Crippen LogP contribution in [0, 0.1) is 0 Å². The summed E-state index contributed by atoms with van der Waals surface area (Å²) in [5.74, 6) is 1.32. The minimum atomic E-state index is 0.0652. The van der Waals surface area contributed by atoms with Gasteiger partial charge in [0, 0.05) is 19.2 Å². The Bertz CT molecular complexity index is 773. The van der Waals surface area contributed by atoms with Gasteiger partial charge in [0.2, 0.25) is 0 Å². The third-order valence-electron chi connectivity index (χ3n) is 3.19. The van der Waals surface area contributed by atoms with E-state index in [0.717, 1.165) is 11.4 Å². The molecule has 0 saturated heterocycles. The Hall–Kier alpha value is -2.18. The van der Waals surface area contributed by atoms with Crippen molar-refractivity contribution in [1.29, 1.82) is 0 Å². The molecule has 0 atom stereocenters. The van der Waals surface area contributed by atoms with Gasteiger partial charge < -0.3 is 10.0 Å². The van der Waals surface area contributed by atoms with Gasteiger partial charge in [-0.15, -0.1) is 15.3 Å². The van der Waals surface area contributed by atoms with E-state index in [4.69, 9.17) is 16.7 Å². The molecule has 7 heteroatoms. The van der Waals surface area contributed by atoms with Gasteiger partial charge in [-0.2, -0.15) is 4.52 Å². The van der Waals surface area contributed by atoms with Gasteiger partial charge in [-0.3, -0.25) is 0 Å². The minimum Gasteiger partial charge on any atom is -0.395 e. The molecule has 0 amide bonds. The predicted octanol–water partition coefficient (Wildman–Crippen LogP) is 1.87. The molecule has 0 bridgehead atoms. The zero-order valence-corrected chi connectivity index (χ0v) is 12.2. The molecule has 3 aromatic rings. The summed E-state index contributed by atoms with van der Waals surface area (Å²) in [7, 11) is 1.86. The molecule has 3 rings (SSSR count). The molecule has 0 aliphatic carbocycles. The summed E-state index contributed by atoms with van der Waals surface area (Å²) in [6.45, 7) is 0.567. The van der Waals surface area contributed by atoms with Crippen LogP contribution >= 0.6 is 11.6 Å². The Morgan fingerprint density at radius 1 is 1.19 bits per heavy atom. The molecule has 108 valence electrons. The highest BCUT2D eigenvalue weighted by Crippen LogP contribution is 2.26. The molecule has 2 aromatic heterocycles. The molecule has 6 nitrogen and oxygen atoms in total. The second kappa shape index (κ2) is 5.67. The number of aliphatic hydroxyl groups is 1. The molecule has 0 radical (unpaired) electrons. The second-order valence-electron chi connectivity index (χ2n) is 4.61. The van der Waals surface area contributed by atoms with E-state index in [1.54, 1.807) is 10.6 Å². The number of hydrogen-bond acceptors (Lipinski definition) is 5. The molecule has 0 unspecified atom stereocenters. The molecular formula is C14H14ClN5O. The van der Waals surface area contributed by atoms with E-state index in [-0.39, 0.29) is 6.61 Å². The monoisotopic (exact) mass is 303 g/mol. The lowest BCUT2D eigenvalue weighted by Crippen LogP contribution is -2.22. The zero-order valence-electron chi connectivity index (χ0n) is 11.4. The van der Waals surface area contributed by atoms with Crippen LogP contribution in [0.5, 0.6) is 0 Å². The SMILES string of the molecule is CN(CCO)c1ccc2nnc(-c3ccccc3Cl)n2n1. The Morgan fingerprint density at radius 3 is 2.76 bits per heavy atom. The molecule has 0 spiro atoms. The van der Waals surface area contributed by atoms with E-state index in [1.807, 2.05) is 42.3 Å². The fourth-order valence-electron chi connectivity index (χ4n) is 2.06. The summed E-state index contributed by atoms with van der Waals surface area (Å²) in [5.41, 5.74) is 1.42. The summed E-state index contributed by atoms with van der Waals surface area (Å²) in [5, 5.41) is 22.4. The number of halogens is 1.